The monoisotopic (exact) mass is 430 g/mol. The number of rotatable bonds is 5. The van der Waals surface area contributed by atoms with E-state index in [4.69, 9.17) is 16.7 Å². The Kier molecular flexibility index (Phi) is 5.46. The fourth-order valence-electron chi connectivity index (χ4n) is 3.12. The number of fused-ring (bicyclic) bond motifs is 1. The molecule has 3 rings (SSSR count). The molecule has 2 aromatic carbocycles. The molecule has 1 heterocycles. The van der Waals surface area contributed by atoms with Crippen molar-refractivity contribution < 1.29 is 22.0 Å². The third-order valence-corrected chi connectivity index (χ3v) is 5.43. The van der Waals surface area contributed by atoms with Crippen molar-refractivity contribution >= 4 is 44.6 Å². The number of nitrogens with two attached hydrogens (primary N) is 1. The van der Waals surface area contributed by atoms with Gasteiger partial charge < -0.3 is 5.32 Å². The predicted molar refractivity (Wildman–Crippen MR) is 103 cm³/mol. The quantitative estimate of drug-likeness (QED) is 0.760. The van der Waals surface area contributed by atoms with E-state index in [1.165, 1.54) is 29.1 Å². The summed E-state index contributed by atoms with van der Waals surface area (Å²) >= 11 is 6.22. The zero-order valence-electron chi connectivity index (χ0n) is 14.7. The van der Waals surface area contributed by atoms with Gasteiger partial charge in [-0.25, -0.2) is 22.3 Å². The second kappa shape index (κ2) is 7.53. The van der Waals surface area contributed by atoms with Crippen molar-refractivity contribution in [2.75, 3.05) is 21.9 Å². The molecular formula is C17H17ClF2N4O3S. The van der Waals surface area contributed by atoms with Crippen LogP contribution in [0.15, 0.2) is 41.3 Å². The van der Waals surface area contributed by atoms with Crippen LogP contribution in [0.1, 0.15) is 12.5 Å². The lowest BCUT2D eigenvalue weighted by atomic mass is 10.1. The molecule has 150 valence electrons. The van der Waals surface area contributed by atoms with E-state index in [0.717, 1.165) is 0 Å². The molecule has 0 saturated carbocycles. The number of hydrogen-bond donors (Lipinski definition) is 2. The van der Waals surface area contributed by atoms with Gasteiger partial charge in [0.05, 0.1) is 27.8 Å². The van der Waals surface area contributed by atoms with Crippen LogP contribution in [0, 0.1) is 0 Å². The molecule has 0 atom stereocenters. The van der Waals surface area contributed by atoms with Crippen LogP contribution < -0.4 is 20.5 Å². The van der Waals surface area contributed by atoms with Crippen LogP contribution in [0.2, 0.25) is 5.02 Å². The molecule has 28 heavy (non-hydrogen) atoms. The summed E-state index contributed by atoms with van der Waals surface area (Å²) in [5.41, 5.74) is 1.02. The van der Waals surface area contributed by atoms with Gasteiger partial charge in [0.15, 0.2) is 0 Å². The number of anilines is 3. The van der Waals surface area contributed by atoms with E-state index in [2.05, 4.69) is 5.32 Å². The molecule has 0 aliphatic carbocycles. The van der Waals surface area contributed by atoms with Crippen LogP contribution in [0.25, 0.3) is 0 Å². The van der Waals surface area contributed by atoms with E-state index in [1.807, 2.05) is 0 Å². The summed E-state index contributed by atoms with van der Waals surface area (Å²) in [6.45, 7) is 0.514. The first-order valence-corrected chi connectivity index (χ1v) is 10.1. The number of hydrogen-bond acceptors (Lipinski definition) is 5. The number of sulfonamides is 1. The smallest absolute Gasteiger partial charge is 0.257 e. The number of primary sulfonamides is 1. The fourth-order valence-corrected chi connectivity index (χ4v) is 4.16. The van der Waals surface area contributed by atoms with Crippen LogP contribution in [0.4, 0.5) is 25.8 Å². The minimum Gasteiger partial charge on any atom is -0.326 e. The summed E-state index contributed by atoms with van der Waals surface area (Å²) in [7, 11) is -4.18. The molecule has 0 bridgehead atoms. The van der Waals surface area contributed by atoms with Crippen molar-refractivity contribution in [1.29, 1.82) is 0 Å². The highest BCUT2D eigenvalue weighted by Crippen LogP contribution is 2.42. The third-order valence-electron chi connectivity index (χ3n) is 4.13. The van der Waals surface area contributed by atoms with Crippen LogP contribution in [-0.4, -0.2) is 27.3 Å². The molecule has 0 unspecified atom stereocenters. The molecule has 0 spiro atoms. The maximum Gasteiger partial charge on any atom is 0.257 e. The lowest BCUT2D eigenvalue weighted by Crippen LogP contribution is -2.41. The van der Waals surface area contributed by atoms with Crippen molar-refractivity contribution in [2.24, 2.45) is 5.14 Å². The van der Waals surface area contributed by atoms with Crippen LogP contribution in [0.5, 0.6) is 0 Å². The summed E-state index contributed by atoms with van der Waals surface area (Å²) in [4.78, 5) is 11.2. The number of amides is 1. The average Bonchev–Trinajstić information content (AvgIpc) is 2.91. The number of benzene rings is 2. The molecule has 1 amide bonds. The first-order chi connectivity index (χ1) is 13.1. The van der Waals surface area contributed by atoms with Gasteiger partial charge in [-0.2, -0.15) is 0 Å². The minimum atomic E-state index is -4.18. The van der Waals surface area contributed by atoms with Gasteiger partial charge in [0.2, 0.25) is 15.9 Å². The molecule has 7 nitrogen and oxygen atoms in total. The third kappa shape index (κ3) is 4.03. The Hall–Kier alpha value is -2.43. The summed E-state index contributed by atoms with van der Waals surface area (Å²) in [5, 5.41) is 10.8. The zero-order chi connectivity index (χ0) is 20.6. The van der Waals surface area contributed by atoms with Gasteiger partial charge in [0.1, 0.15) is 6.54 Å². The van der Waals surface area contributed by atoms with E-state index >= 15 is 0 Å². The Labute approximate surface area is 165 Å². The lowest BCUT2D eigenvalue weighted by molar-refractivity contribution is -0.114. The number of alkyl halides is 2. The standard InChI is InChI=1S/C17H17ClF2N4O3S/c1-10(25)22-11-6-15-12(16(7-11)28(21,26)27)8-23(24(15)9-17(19)20)14-5-3-2-4-13(14)18/h2-7,17H,8-9H2,1H3,(H,22,25)(H2,21,26,27). The number of carbonyl (C=O) groups excluding carboxylic acids is 1. The molecular weight excluding hydrogens is 414 g/mol. The van der Waals surface area contributed by atoms with Crippen LogP contribution >= 0.6 is 11.6 Å². The maximum absolute atomic E-state index is 13.3. The highest BCUT2D eigenvalue weighted by atomic mass is 35.5. The Morgan fingerprint density at radius 3 is 2.54 bits per heavy atom. The normalized spacial score (nSPS) is 13.8. The molecule has 1 aliphatic heterocycles. The molecule has 2 aromatic rings. The number of carbonyl (C=O) groups is 1. The molecule has 3 N–H and O–H groups in total. The van der Waals surface area contributed by atoms with Gasteiger partial charge in [-0.15, -0.1) is 0 Å². The second-order valence-electron chi connectivity index (χ2n) is 6.18. The van der Waals surface area contributed by atoms with Crippen molar-refractivity contribution in [3.8, 4) is 0 Å². The SMILES string of the molecule is CC(=O)Nc1cc2c(c(S(N)(=O)=O)c1)CN(c1ccccc1Cl)N2CC(F)F. The van der Waals surface area contributed by atoms with Crippen LogP contribution in [0.3, 0.4) is 0 Å². The highest BCUT2D eigenvalue weighted by Gasteiger charge is 2.35. The number of para-hydroxylation sites is 1. The minimum absolute atomic E-state index is 0.0299. The maximum atomic E-state index is 13.3. The molecule has 11 heteroatoms. The molecule has 0 saturated heterocycles. The predicted octanol–water partition coefficient (Wildman–Crippen LogP) is 2.95. The van der Waals surface area contributed by atoms with Gasteiger partial charge in [-0.1, -0.05) is 23.7 Å². The van der Waals surface area contributed by atoms with Crippen molar-refractivity contribution in [3.63, 3.8) is 0 Å². The first-order valence-electron chi connectivity index (χ1n) is 8.13. The summed E-state index contributed by atoms with van der Waals surface area (Å²) in [5.74, 6) is -0.443. The highest BCUT2D eigenvalue weighted by molar-refractivity contribution is 7.89. The molecule has 0 radical (unpaired) electrons. The number of nitrogens with zero attached hydrogens (tertiary/aromatic N) is 2. The van der Waals surface area contributed by atoms with Gasteiger partial charge in [0.25, 0.3) is 6.43 Å². The van der Waals surface area contributed by atoms with Gasteiger partial charge in [-0.05, 0) is 24.3 Å². The largest absolute Gasteiger partial charge is 0.326 e. The number of nitrogens with one attached hydrogen (secondary N) is 1. The topological polar surface area (TPSA) is 95.7 Å². The first kappa shape index (κ1) is 20.3. The van der Waals surface area contributed by atoms with Crippen LogP contribution in [-0.2, 0) is 21.4 Å². The Morgan fingerprint density at radius 1 is 1.29 bits per heavy atom. The van der Waals surface area contributed by atoms with E-state index in [0.29, 0.717) is 10.7 Å². The average molecular weight is 431 g/mol. The second-order valence-corrected chi connectivity index (χ2v) is 8.12. The fraction of sp³-hybridized carbons (Fsp3) is 0.235. The van der Waals surface area contributed by atoms with E-state index < -0.39 is 28.9 Å². The van der Waals surface area contributed by atoms with E-state index in [-0.39, 0.29) is 28.4 Å². The lowest BCUT2D eigenvalue weighted by Gasteiger charge is -2.32. The van der Waals surface area contributed by atoms with Crippen molar-refractivity contribution in [2.45, 2.75) is 24.8 Å². The number of halogens is 3. The Balaban J connectivity index is 2.21. The summed E-state index contributed by atoms with van der Waals surface area (Å²) < 4.78 is 50.8. The molecule has 0 fully saturated rings. The zero-order valence-corrected chi connectivity index (χ0v) is 16.3. The van der Waals surface area contributed by atoms with E-state index in [9.17, 15) is 22.0 Å². The molecule has 0 aromatic heterocycles. The van der Waals surface area contributed by atoms with Gasteiger partial charge >= 0.3 is 0 Å². The molecule has 1 aliphatic rings. The summed E-state index contributed by atoms with van der Waals surface area (Å²) in [6.07, 6.45) is -2.71. The van der Waals surface area contributed by atoms with Crippen molar-refractivity contribution in [1.82, 2.24) is 0 Å². The van der Waals surface area contributed by atoms with Gasteiger partial charge in [-0.3, -0.25) is 14.8 Å². The summed E-state index contributed by atoms with van der Waals surface area (Å²) in [6, 6.07) is 9.27. The Morgan fingerprint density at radius 2 is 1.96 bits per heavy atom. The van der Waals surface area contributed by atoms with Crippen molar-refractivity contribution in [3.05, 3.63) is 47.0 Å². The van der Waals surface area contributed by atoms with E-state index in [1.54, 1.807) is 24.3 Å². The van der Waals surface area contributed by atoms with Gasteiger partial charge in [0, 0.05) is 18.2 Å². The number of hydrazine groups is 1. The Bertz CT molecular complexity index is 1030.